The summed E-state index contributed by atoms with van der Waals surface area (Å²) in [6.45, 7) is 6.18. The van der Waals surface area contributed by atoms with Crippen LogP contribution >= 0.6 is 0 Å². The van der Waals surface area contributed by atoms with Gasteiger partial charge in [-0.25, -0.2) is 4.39 Å². The fourth-order valence-corrected chi connectivity index (χ4v) is 4.38. The maximum atomic E-state index is 14.9. The molecule has 0 N–H and O–H groups in total. The first kappa shape index (κ1) is 24.3. The molecule has 0 aliphatic rings. The highest BCUT2D eigenvalue weighted by molar-refractivity contribution is 6.05. The molecular formula is C32H31FO2. The molecule has 0 aliphatic heterocycles. The van der Waals surface area contributed by atoms with Crippen molar-refractivity contribution in [1.82, 2.24) is 0 Å². The molecule has 178 valence electrons. The van der Waals surface area contributed by atoms with Crippen LogP contribution in [0.3, 0.4) is 0 Å². The molecular weight excluding hydrogens is 435 g/mol. The first-order valence-electron chi connectivity index (χ1n) is 11.8. The molecule has 0 amide bonds. The Balaban J connectivity index is 2.13. The number of ether oxygens (including phenoxy) is 2. The third kappa shape index (κ3) is 5.14. The van der Waals surface area contributed by atoms with Gasteiger partial charge in [-0.3, -0.25) is 0 Å². The molecule has 0 fully saturated rings. The molecule has 4 aromatic carbocycles. The highest BCUT2D eigenvalue weighted by atomic mass is 19.1. The molecule has 0 unspecified atom stereocenters. The first-order valence-corrected chi connectivity index (χ1v) is 11.8. The summed E-state index contributed by atoms with van der Waals surface area (Å²) < 4.78 is 25.7. The number of rotatable bonds is 7. The van der Waals surface area contributed by atoms with E-state index in [9.17, 15) is 4.39 Å². The molecule has 4 aromatic rings. The first-order chi connectivity index (χ1) is 16.9. The number of benzene rings is 4. The van der Waals surface area contributed by atoms with E-state index >= 15 is 0 Å². The Bertz CT molecular complexity index is 1330. The second-order valence-corrected chi connectivity index (χ2v) is 8.91. The van der Waals surface area contributed by atoms with Crippen molar-refractivity contribution >= 4 is 11.1 Å². The molecule has 0 saturated carbocycles. The van der Waals surface area contributed by atoms with E-state index in [2.05, 4.69) is 50.2 Å². The van der Waals surface area contributed by atoms with Gasteiger partial charge in [-0.1, -0.05) is 74.5 Å². The molecule has 2 nitrogen and oxygen atoms in total. The van der Waals surface area contributed by atoms with Crippen molar-refractivity contribution in [2.75, 3.05) is 14.2 Å². The van der Waals surface area contributed by atoms with Crippen molar-refractivity contribution in [3.8, 4) is 11.5 Å². The summed E-state index contributed by atoms with van der Waals surface area (Å²) in [4.78, 5) is 0. The number of halogens is 1. The normalized spacial score (nSPS) is 11.9. The van der Waals surface area contributed by atoms with Crippen LogP contribution in [0.2, 0.25) is 0 Å². The summed E-state index contributed by atoms with van der Waals surface area (Å²) in [7, 11) is 3.32. The van der Waals surface area contributed by atoms with E-state index in [-0.39, 0.29) is 5.82 Å². The lowest BCUT2D eigenvalue weighted by atomic mass is 9.82. The summed E-state index contributed by atoms with van der Waals surface area (Å²) in [6.07, 6.45) is 0. The number of hydrogen-bond acceptors (Lipinski definition) is 2. The smallest absolute Gasteiger partial charge is 0.126 e. The van der Waals surface area contributed by atoms with E-state index in [0.29, 0.717) is 11.5 Å². The summed E-state index contributed by atoms with van der Waals surface area (Å²) in [5, 5.41) is 0. The van der Waals surface area contributed by atoms with E-state index in [1.807, 2.05) is 48.5 Å². The number of aryl methyl sites for hydroxylation is 1. The topological polar surface area (TPSA) is 18.5 Å². The van der Waals surface area contributed by atoms with Gasteiger partial charge in [0.15, 0.2) is 0 Å². The van der Waals surface area contributed by atoms with Gasteiger partial charge in [0.25, 0.3) is 0 Å². The van der Waals surface area contributed by atoms with Crippen LogP contribution in [0, 0.1) is 12.7 Å². The molecule has 0 bridgehead atoms. The van der Waals surface area contributed by atoms with Crippen molar-refractivity contribution in [3.05, 3.63) is 130 Å². The summed E-state index contributed by atoms with van der Waals surface area (Å²) in [5.41, 5.74) is 7.83. The van der Waals surface area contributed by atoms with Gasteiger partial charge < -0.3 is 9.47 Å². The molecule has 0 aliphatic carbocycles. The van der Waals surface area contributed by atoms with Crippen LogP contribution in [-0.4, -0.2) is 14.2 Å². The molecule has 0 heterocycles. The molecule has 4 rings (SSSR count). The van der Waals surface area contributed by atoms with Crippen LogP contribution in [0.1, 0.15) is 53.1 Å². The highest BCUT2D eigenvalue weighted by Crippen LogP contribution is 2.40. The fourth-order valence-electron chi connectivity index (χ4n) is 4.38. The fraction of sp³-hybridized carbons (Fsp3) is 0.188. The summed E-state index contributed by atoms with van der Waals surface area (Å²) >= 11 is 0. The quantitative estimate of drug-likeness (QED) is 0.255. The summed E-state index contributed by atoms with van der Waals surface area (Å²) in [6, 6.07) is 30.0. The minimum atomic E-state index is -0.222. The van der Waals surface area contributed by atoms with E-state index in [4.69, 9.17) is 9.47 Å². The lowest BCUT2D eigenvalue weighted by Crippen LogP contribution is -2.02. The Labute approximate surface area is 207 Å². The zero-order valence-electron chi connectivity index (χ0n) is 20.9. The van der Waals surface area contributed by atoms with Gasteiger partial charge in [-0.15, -0.1) is 0 Å². The second-order valence-electron chi connectivity index (χ2n) is 8.91. The Morgan fingerprint density at radius 2 is 1.17 bits per heavy atom. The third-order valence-corrected chi connectivity index (χ3v) is 6.32. The largest absolute Gasteiger partial charge is 0.497 e. The minimum Gasteiger partial charge on any atom is -0.497 e. The summed E-state index contributed by atoms with van der Waals surface area (Å²) in [5.74, 6) is 1.65. The molecule has 0 atom stereocenters. The van der Waals surface area contributed by atoms with E-state index < -0.39 is 0 Å². The van der Waals surface area contributed by atoms with Gasteiger partial charge in [0.1, 0.15) is 17.3 Å². The Hall–Kier alpha value is -3.85. The molecule has 35 heavy (non-hydrogen) atoms. The Morgan fingerprint density at radius 3 is 1.69 bits per heavy atom. The predicted molar refractivity (Wildman–Crippen MR) is 143 cm³/mol. The third-order valence-electron chi connectivity index (χ3n) is 6.32. The van der Waals surface area contributed by atoms with Crippen molar-refractivity contribution in [2.24, 2.45) is 0 Å². The van der Waals surface area contributed by atoms with Crippen LogP contribution in [0.25, 0.3) is 11.1 Å². The van der Waals surface area contributed by atoms with Gasteiger partial charge in [0.2, 0.25) is 0 Å². The monoisotopic (exact) mass is 466 g/mol. The predicted octanol–water partition coefficient (Wildman–Crippen LogP) is 8.28. The lowest BCUT2D eigenvalue weighted by molar-refractivity contribution is 0.414. The van der Waals surface area contributed by atoms with Gasteiger partial charge in [0, 0.05) is 0 Å². The van der Waals surface area contributed by atoms with Crippen LogP contribution in [0.4, 0.5) is 4.39 Å². The molecule has 0 radical (unpaired) electrons. The Morgan fingerprint density at radius 1 is 0.657 bits per heavy atom. The maximum Gasteiger partial charge on any atom is 0.126 e. The molecule has 0 saturated heterocycles. The van der Waals surface area contributed by atoms with E-state index in [0.717, 1.165) is 44.9 Å². The standard InChI is InChI=1S/C32H31FO2/c1-21(2)28-8-6-7-9-29(28)32(24-14-18-27(35-5)19-15-24)31(23-12-16-26(34-4)17-13-23)25-11-10-22(3)30(33)20-25/h6-21H,1-5H3/b32-31+. The van der Waals surface area contributed by atoms with Crippen molar-refractivity contribution in [3.63, 3.8) is 0 Å². The zero-order chi connectivity index (χ0) is 24.9. The average Bonchev–Trinajstić information content (AvgIpc) is 2.89. The van der Waals surface area contributed by atoms with Gasteiger partial charge in [-0.2, -0.15) is 0 Å². The maximum absolute atomic E-state index is 14.9. The van der Waals surface area contributed by atoms with Gasteiger partial charge >= 0.3 is 0 Å². The minimum absolute atomic E-state index is 0.222. The van der Waals surface area contributed by atoms with Crippen molar-refractivity contribution < 1.29 is 13.9 Å². The zero-order valence-corrected chi connectivity index (χ0v) is 20.9. The Kier molecular flexibility index (Phi) is 7.36. The van der Waals surface area contributed by atoms with Crippen LogP contribution in [0.15, 0.2) is 91.0 Å². The van der Waals surface area contributed by atoms with Gasteiger partial charge in [-0.05, 0) is 87.7 Å². The second kappa shape index (κ2) is 10.6. The average molecular weight is 467 g/mol. The number of hydrogen-bond donors (Lipinski definition) is 0. The van der Waals surface area contributed by atoms with Crippen molar-refractivity contribution in [1.29, 1.82) is 0 Å². The number of methoxy groups -OCH3 is 2. The van der Waals surface area contributed by atoms with Crippen LogP contribution in [-0.2, 0) is 0 Å². The van der Waals surface area contributed by atoms with Crippen LogP contribution in [0.5, 0.6) is 11.5 Å². The molecule has 0 spiro atoms. The van der Waals surface area contributed by atoms with Crippen molar-refractivity contribution in [2.45, 2.75) is 26.7 Å². The molecule has 0 aromatic heterocycles. The van der Waals surface area contributed by atoms with E-state index in [1.165, 1.54) is 5.56 Å². The molecule has 3 heteroatoms. The van der Waals surface area contributed by atoms with Crippen LogP contribution < -0.4 is 9.47 Å². The lowest BCUT2D eigenvalue weighted by Gasteiger charge is -2.22. The van der Waals surface area contributed by atoms with E-state index in [1.54, 1.807) is 27.2 Å². The highest BCUT2D eigenvalue weighted by Gasteiger charge is 2.20. The van der Waals surface area contributed by atoms with Gasteiger partial charge in [0.05, 0.1) is 14.2 Å². The SMILES string of the molecule is COc1ccc(/C(=C(/c2ccc(OC)cc2)c2ccccc2C(C)C)c2ccc(C)c(F)c2)cc1.